The van der Waals surface area contributed by atoms with Crippen molar-refractivity contribution < 1.29 is 4.74 Å². The van der Waals surface area contributed by atoms with Crippen LogP contribution in [-0.4, -0.2) is 7.11 Å². The Kier molecular flexibility index (Phi) is 2.95. The lowest BCUT2D eigenvalue weighted by molar-refractivity contribution is 0.415. The normalized spacial score (nSPS) is 10.2. The molecule has 0 fully saturated rings. The summed E-state index contributed by atoms with van der Waals surface area (Å²) in [6.07, 6.45) is 0. The van der Waals surface area contributed by atoms with E-state index in [1.807, 2.05) is 12.1 Å². The average Bonchev–Trinajstić information content (AvgIpc) is 2.28. The van der Waals surface area contributed by atoms with E-state index in [0.29, 0.717) is 0 Å². The number of methoxy groups -OCH3 is 1. The van der Waals surface area contributed by atoms with E-state index in [0.717, 1.165) is 5.75 Å². The van der Waals surface area contributed by atoms with Gasteiger partial charge in [0, 0.05) is 0 Å². The lowest BCUT2D eigenvalue weighted by Gasteiger charge is -2.07. The van der Waals surface area contributed by atoms with Crippen LogP contribution in [0.15, 0.2) is 42.5 Å². The summed E-state index contributed by atoms with van der Waals surface area (Å²) in [7, 11) is 1.70. The molecule has 0 heterocycles. The Balaban J connectivity index is 2.49. The van der Waals surface area contributed by atoms with Crippen LogP contribution in [0.4, 0.5) is 0 Å². The minimum absolute atomic E-state index is 0.900. The van der Waals surface area contributed by atoms with E-state index in [2.05, 4.69) is 44.2 Å². The molecule has 16 heavy (non-hydrogen) atoms. The maximum atomic E-state index is 5.24. The number of benzene rings is 2. The number of ether oxygens (including phenoxy) is 1. The summed E-state index contributed by atoms with van der Waals surface area (Å²) in [6.45, 7) is 4.24. The van der Waals surface area contributed by atoms with Crippen LogP contribution in [-0.2, 0) is 0 Å². The van der Waals surface area contributed by atoms with Crippen molar-refractivity contribution in [3.8, 4) is 16.9 Å². The first-order chi connectivity index (χ1) is 7.69. The molecule has 0 aliphatic heterocycles. The Labute approximate surface area is 96.7 Å². The first kappa shape index (κ1) is 10.7. The molecule has 0 spiro atoms. The van der Waals surface area contributed by atoms with E-state index < -0.39 is 0 Å². The molecule has 0 N–H and O–H groups in total. The van der Waals surface area contributed by atoms with Crippen molar-refractivity contribution in [1.29, 1.82) is 0 Å². The highest BCUT2D eigenvalue weighted by atomic mass is 16.5. The molecule has 0 radical (unpaired) electrons. The molecule has 1 heteroatoms. The monoisotopic (exact) mass is 212 g/mol. The molecule has 2 aromatic rings. The number of aryl methyl sites for hydroxylation is 2. The molecule has 0 aliphatic carbocycles. The molecule has 0 bridgehead atoms. The van der Waals surface area contributed by atoms with Gasteiger partial charge in [0.25, 0.3) is 0 Å². The Morgan fingerprint density at radius 2 is 1.50 bits per heavy atom. The third kappa shape index (κ3) is 2.25. The maximum Gasteiger partial charge on any atom is 0.119 e. The van der Waals surface area contributed by atoms with Gasteiger partial charge in [0.05, 0.1) is 7.11 Å². The maximum absolute atomic E-state index is 5.24. The zero-order chi connectivity index (χ0) is 11.5. The van der Waals surface area contributed by atoms with E-state index in [1.165, 1.54) is 22.3 Å². The van der Waals surface area contributed by atoms with Gasteiger partial charge in [0.15, 0.2) is 0 Å². The molecule has 82 valence electrons. The van der Waals surface area contributed by atoms with E-state index in [-0.39, 0.29) is 0 Å². The summed E-state index contributed by atoms with van der Waals surface area (Å²) in [6, 6.07) is 14.7. The molecular weight excluding hydrogens is 196 g/mol. The van der Waals surface area contributed by atoms with Gasteiger partial charge in [-0.3, -0.25) is 0 Å². The predicted molar refractivity (Wildman–Crippen MR) is 67.9 cm³/mol. The van der Waals surface area contributed by atoms with Crippen molar-refractivity contribution in [1.82, 2.24) is 0 Å². The van der Waals surface area contributed by atoms with Crippen molar-refractivity contribution in [2.24, 2.45) is 0 Å². The summed E-state index contributed by atoms with van der Waals surface area (Å²) < 4.78 is 5.24. The van der Waals surface area contributed by atoms with E-state index in [4.69, 9.17) is 4.74 Å². The van der Waals surface area contributed by atoms with Crippen LogP contribution >= 0.6 is 0 Å². The molecule has 0 unspecified atom stereocenters. The van der Waals surface area contributed by atoms with Crippen molar-refractivity contribution in [2.75, 3.05) is 7.11 Å². The quantitative estimate of drug-likeness (QED) is 0.731. The molecule has 0 saturated carbocycles. The lowest BCUT2D eigenvalue weighted by atomic mass is 10.0. The van der Waals surface area contributed by atoms with Gasteiger partial charge < -0.3 is 4.74 Å². The Morgan fingerprint density at radius 1 is 0.812 bits per heavy atom. The minimum Gasteiger partial charge on any atom is -0.497 e. The highest BCUT2D eigenvalue weighted by Crippen LogP contribution is 2.25. The molecule has 0 saturated heterocycles. The lowest BCUT2D eigenvalue weighted by Crippen LogP contribution is -1.85. The van der Waals surface area contributed by atoms with Gasteiger partial charge in [0.2, 0.25) is 0 Å². The molecular formula is C15H16O. The molecule has 0 amide bonds. The molecule has 0 aromatic heterocycles. The fraction of sp³-hybridized carbons (Fsp3) is 0.200. The molecule has 2 aromatic carbocycles. The van der Waals surface area contributed by atoms with Gasteiger partial charge in [0.1, 0.15) is 5.75 Å². The van der Waals surface area contributed by atoms with Crippen molar-refractivity contribution in [2.45, 2.75) is 13.8 Å². The Morgan fingerprint density at radius 3 is 2.12 bits per heavy atom. The second-order valence-corrected chi connectivity index (χ2v) is 4.11. The fourth-order valence-corrected chi connectivity index (χ4v) is 1.94. The topological polar surface area (TPSA) is 9.23 Å². The highest BCUT2D eigenvalue weighted by Gasteiger charge is 2.00. The van der Waals surface area contributed by atoms with Crippen molar-refractivity contribution in [3.63, 3.8) is 0 Å². The van der Waals surface area contributed by atoms with Crippen LogP contribution in [0.3, 0.4) is 0 Å². The number of hydrogen-bond donors (Lipinski definition) is 0. The summed E-state index contributed by atoms with van der Waals surface area (Å²) in [5, 5.41) is 0. The first-order valence-corrected chi connectivity index (χ1v) is 5.42. The Hall–Kier alpha value is -1.76. The van der Waals surface area contributed by atoms with Crippen LogP contribution in [0.1, 0.15) is 11.1 Å². The Bertz CT molecular complexity index is 480. The van der Waals surface area contributed by atoms with Gasteiger partial charge in [-0.15, -0.1) is 0 Å². The molecule has 1 nitrogen and oxygen atoms in total. The number of rotatable bonds is 2. The second kappa shape index (κ2) is 4.40. The third-order valence-corrected chi connectivity index (χ3v) is 2.62. The van der Waals surface area contributed by atoms with Gasteiger partial charge in [-0.1, -0.05) is 41.5 Å². The minimum atomic E-state index is 0.900. The number of hydrogen-bond acceptors (Lipinski definition) is 1. The van der Waals surface area contributed by atoms with E-state index >= 15 is 0 Å². The smallest absolute Gasteiger partial charge is 0.119 e. The summed E-state index contributed by atoms with van der Waals surface area (Å²) in [5.41, 5.74) is 5.03. The summed E-state index contributed by atoms with van der Waals surface area (Å²) >= 11 is 0. The largest absolute Gasteiger partial charge is 0.497 e. The SMILES string of the molecule is COc1cccc(-c2cc(C)cc(C)c2)c1. The fourth-order valence-electron chi connectivity index (χ4n) is 1.94. The van der Waals surface area contributed by atoms with Gasteiger partial charge in [-0.25, -0.2) is 0 Å². The van der Waals surface area contributed by atoms with Crippen LogP contribution in [0, 0.1) is 13.8 Å². The third-order valence-electron chi connectivity index (χ3n) is 2.62. The van der Waals surface area contributed by atoms with E-state index in [9.17, 15) is 0 Å². The molecule has 0 aliphatic rings. The van der Waals surface area contributed by atoms with Crippen LogP contribution in [0.2, 0.25) is 0 Å². The zero-order valence-corrected chi connectivity index (χ0v) is 9.95. The van der Waals surface area contributed by atoms with Crippen molar-refractivity contribution >= 4 is 0 Å². The second-order valence-electron chi connectivity index (χ2n) is 4.11. The standard InChI is InChI=1S/C15H16O/c1-11-7-12(2)9-14(8-11)13-5-4-6-15(10-13)16-3/h4-10H,1-3H3. The first-order valence-electron chi connectivity index (χ1n) is 5.42. The zero-order valence-electron chi connectivity index (χ0n) is 9.95. The molecule has 2 rings (SSSR count). The van der Waals surface area contributed by atoms with Crippen LogP contribution < -0.4 is 4.74 Å². The van der Waals surface area contributed by atoms with E-state index in [1.54, 1.807) is 7.11 Å². The van der Waals surface area contributed by atoms with Gasteiger partial charge >= 0.3 is 0 Å². The highest BCUT2D eigenvalue weighted by molar-refractivity contribution is 5.66. The van der Waals surface area contributed by atoms with Gasteiger partial charge in [-0.2, -0.15) is 0 Å². The molecule has 0 atom stereocenters. The summed E-state index contributed by atoms with van der Waals surface area (Å²) in [5.74, 6) is 0.900. The summed E-state index contributed by atoms with van der Waals surface area (Å²) in [4.78, 5) is 0. The van der Waals surface area contributed by atoms with Crippen molar-refractivity contribution in [3.05, 3.63) is 53.6 Å². The average molecular weight is 212 g/mol. The predicted octanol–water partition coefficient (Wildman–Crippen LogP) is 3.98. The van der Waals surface area contributed by atoms with Crippen LogP contribution in [0.25, 0.3) is 11.1 Å². The van der Waals surface area contributed by atoms with Gasteiger partial charge in [-0.05, 0) is 37.1 Å². The van der Waals surface area contributed by atoms with Crippen LogP contribution in [0.5, 0.6) is 5.75 Å².